The number of anilines is 1. The number of nitrogens with one attached hydrogen (secondary N) is 1. The number of ether oxygens (including phenoxy) is 1. The number of pyridine rings is 1. The number of fused-ring (bicyclic) bond motifs is 1. The molecule has 7 heteroatoms. The Morgan fingerprint density at radius 2 is 1.89 bits per heavy atom. The van der Waals surface area contributed by atoms with Crippen molar-refractivity contribution in [1.29, 1.82) is 0 Å². The summed E-state index contributed by atoms with van der Waals surface area (Å²) in [6.45, 7) is 1.58. The highest BCUT2D eigenvalue weighted by atomic mass is 35.5. The summed E-state index contributed by atoms with van der Waals surface area (Å²) < 4.78 is 45.6. The summed E-state index contributed by atoms with van der Waals surface area (Å²) in [5.41, 5.74) is 0.488. The molecule has 1 aliphatic rings. The van der Waals surface area contributed by atoms with Crippen molar-refractivity contribution in [3.63, 3.8) is 0 Å². The molecule has 1 atom stereocenters. The van der Waals surface area contributed by atoms with Crippen molar-refractivity contribution in [2.24, 2.45) is 0 Å². The van der Waals surface area contributed by atoms with E-state index in [2.05, 4.69) is 10.3 Å². The van der Waals surface area contributed by atoms with Crippen LogP contribution in [0.2, 0.25) is 5.02 Å². The molecule has 4 rings (SSSR count). The lowest BCUT2D eigenvalue weighted by molar-refractivity contribution is -0.140. The van der Waals surface area contributed by atoms with Crippen molar-refractivity contribution in [2.45, 2.75) is 18.0 Å². The second-order valence-electron chi connectivity index (χ2n) is 7.02. The number of hydrogen-bond acceptors (Lipinski definition) is 3. The Morgan fingerprint density at radius 3 is 2.57 bits per heavy atom. The molecule has 1 unspecified atom stereocenters. The van der Waals surface area contributed by atoms with Crippen molar-refractivity contribution in [3.8, 4) is 0 Å². The molecule has 2 heterocycles. The molecular formula is C21H18ClF3N2O. The molecule has 1 saturated heterocycles. The number of alkyl halides is 3. The van der Waals surface area contributed by atoms with E-state index in [0.29, 0.717) is 35.9 Å². The maximum absolute atomic E-state index is 13.3. The normalized spacial score (nSPS) is 19.9. The van der Waals surface area contributed by atoms with Gasteiger partial charge in [-0.1, -0.05) is 41.9 Å². The van der Waals surface area contributed by atoms with Crippen LogP contribution in [-0.2, 0) is 16.3 Å². The molecule has 3 nitrogen and oxygen atoms in total. The van der Waals surface area contributed by atoms with E-state index >= 15 is 0 Å². The van der Waals surface area contributed by atoms with Gasteiger partial charge in [0.1, 0.15) is 5.69 Å². The number of nitrogens with zero attached hydrogens (tertiary/aromatic N) is 1. The zero-order chi connectivity index (χ0) is 19.8. The van der Waals surface area contributed by atoms with Crippen LogP contribution in [0, 0.1) is 0 Å². The van der Waals surface area contributed by atoms with Crippen molar-refractivity contribution >= 4 is 28.2 Å². The van der Waals surface area contributed by atoms with E-state index in [-0.39, 0.29) is 10.9 Å². The first-order valence-corrected chi connectivity index (χ1v) is 9.30. The fourth-order valence-electron chi connectivity index (χ4n) is 3.62. The first-order chi connectivity index (χ1) is 13.4. The topological polar surface area (TPSA) is 34.1 Å². The van der Waals surface area contributed by atoms with Gasteiger partial charge in [-0.3, -0.25) is 0 Å². The smallest absolute Gasteiger partial charge is 0.383 e. The summed E-state index contributed by atoms with van der Waals surface area (Å²) in [6, 6.07) is 15.6. The molecular weight excluding hydrogens is 389 g/mol. The lowest BCUT2D eigenvalue weighted by atomic mass is 9.79. The Labute approximate surface area is 165 Å². The molecule has 0 aliphatic carbocycles. The summed E-state index contributed by atoms with van der Waals surface area (Å²) in [6.07, 6.45) is -3.74. The van der Waals surface area contributed by atoms with Crippen LogP contribution in [0.1, 0.15) is 17.7 Å². The van der Waals surface area contributed by atoms with E-state index in [4.69, 9.17) is 16.3 Å². The van der Waals surface area contributed by atoms with Crippen molar-refractivity contribution < 1.29 is 17.9 Å². The first-order valence-electron chi connectivity index (χ1n) is 8.92. The molecule has 1 aromatic heterocycles. The van der Waals surface area contributed by atoms with Gasteiger partial charge in [0.05, 0.1) is 12.1 Å². The molecule has 0 amide bonds. The molecule has 1 N–H and O–H groups in total. The molecule has 146 valence electrons. The van der Waals surface area contributed by atoms with Crippen LogP contribution < -0.4 is 5.32 Å². The maximum atomic E-state index is 13.3. The SMILES string of the molecule is FC(F)(F)c1cc(NCC2(c3ccccc3)CCOC2)c2cc(Cl)ccc2n1. The van der Waals surface area contributed by atoms with Gasteiger partial charge >= 0.3 is 6.18 Å². The largest absolute Gasteiger partial charge is 0.433 e. The third-order valence-electron chi connectivity index (χ3n) is 5.17. The van der Waals surface area contributed by atoms with Gasteiger partial charge in [-0.15, -0.1) is 0 Å². The third-order valence-corrected chi connectivity index (χ3v) is 5.40. The van der Waals surface area contributed by atoms with Gasteiger partial charge in [-0.05, 0) is 36.2 Å². The average molecular weight is 407 g/mol. The van der Waals surface area contributed by atoms with E-state index in [9.17, 15) is 13.2 Å². The number of hydrogen-bond donors (Lipinski definition) is 1. The molecule has 0 radical (unpaired) electrons. The summed E-state index contributed by atoms with van der Waals surface area (Å²) >= 11 is 6.07. The van der Waals surface area contributed by atoms with Gasteiger partial charge in [0.2, 0.25) is 0 Å². The van der Waals surface area contributed by atoms with E-state index in [1.165, 1.54) is 12.1 Å². The minimum atomic E-state index is -4.53. The molecule has 0 saturated carbocycles. The number of halogens is 4. The van der Waals surface area contributed by atoms with Crippen LogP contribution in [0.15, 0.2) is 54.6 Å². The Morgan fingerprint density at radius 1 is 1.11 bits per heavy atom. The van der Waals surface area contributed by atoms with Gasteiger partial charge in [-0.25, -0.2) is 4.98 Å². The number of benzene rings is 2. The highest BCUT2D eigenvalue weighted by Crippen LogP contribution is 2.37. The quantitative estimate of drug-likeness (QED) is 0.605. The Hall–Kier alpha value is -2.31. The van der Waals surface area contributed by atoms with Gasteiger partial charge in [-0.2, -0.15) is 13.2 Å². The Balaban J connectivity index is 1.73. The van der Waals surface area contributed by atoms with Crippen LogP contribution in [0.25, 0.3) is 10.9 Å². The Kier molecular flexibility index (Phi) is 4.93. The van der Waals surface area contributed by atoms with Crippen LogP contribution in [0.5, 0.6) is 0 Å². The molecule has 28 heavy (non-hydrogen) atoms. The molecule has 0 bridgehead atoms. The highest BCUT2D eigenvalue weighted by molar-refractivity contribution is 6.31. The van der Waals surface area contributed by atoms with Crippen LogP contribution in [-0.4, -0.2) is 24.7 Å². The van der Waals surface area contributed by atoms with Crippen LogP contribution >= 0.6 is 11.6 Å². The molecule has 0 spiro atoms. The Bertz CT molecular complexity index is 986. The monoisotopic (exact) mass is 406 g/mol. The third kappa shape index (κ3) is 3.66. The summed E-state index contributed by atoms with van der Waals surface area (Å²) in [7, 11) is 0. The summed E-state index contributed by atoms with van der Waals surface area (Å²) in [4.78, 5) is 3.76. The van der Waals surface area contributed by atoms with Gasteiger partial charge in [0.25, 0.3) is 0 Å². The van der Waals surface area contributed by atoms with Crippen LogP contribution in [0.3, 0.4) is 0 Å². The summed E-state index contributed by atoms with van der Waals surface area (Å²) in [5, 5.41) is 4.23. The minimum absolute atomic E-state index is 0.248. The van der Waals surface area contributed by atoms with Crippen molar-refractivity contribution in [1.82, 2.24) is 4.98 Å². The lowest BCUT2D eigenvalue weighted by Crippen LogP contribution is -2.35. The van der Waals surface area contributed by atoms with Gasteiger partial charge in [0.15, 0.2) is 0 Å². The fraction of sp³-hybridized carbons (Fsp3) is 0.286. The standard InChI is InChI=1S/C21H18ClF3N2O/c22-15-6-7-17-16(10-15)18(11-19(27-17)21(23,24)25)26-12-20(8-9-28-13-20)14-4-2-1-3-5-14/h1-7,10-11H,8-9,12-13H2,(H,26,27). The van der Waals surface area contributed by atoms with Crippen molar-refractivity contribution in [3.05, 3.63) is 70.9 Å². The minimum Gasteiger partial charge on any atom is -0.383 e. The molecule has 1 aliphatic heterocycles. The second-order valence-corrected chi connectivity index (χ2v) is 7.45. The highest BCUT2D eigenvalue weighted by Gasteiger charge is 2.37. The fourth-order valence-corrected chi connectivity index (χ4v) is 3.79. The van der Waals surface area contributed by atoms with E-state index in [1.807, 2.05) is 30.3 Å². The summed E-state index contributed by atoms with van der Waals surface area (Å²) in [5.74, 6) is 0. The maximum Gasteiger partial charge on any atom is 0.433 e. The second kappa shape index (κ2) is 7.26. The average Bonchev–Trinajstić information content (AvgIpc) is 3.16. The van der Waals surface area contributed by atoms with Crippen LogP contribution in [0.4, 0.5) is 18.9 Å². The molecule has 3 aromatic rings. The van der Waals surface area contributed by atoms with Crippen molar-refractivity contribution in [2.75, 3.05) is 25.1 Å². The zero-order valence-electron chi connectivity index (χ0n) is 14.9. The van der Waals surface area contributed by atoms with E-state index in [0.717, 1.165) is 18.1 Å². The van der Waals surface area contributed by atoms with E-state index < -0.39 is 11.9 Å². The predicted molar refractivity (Wildman–Crippen MR) is 104 cm³/mol. The lowest BCUT2D eigenvalue weighted by Gasteiger charge is -2.29. The first kappa shape index (κ1) is 19.0. The number of rotatable bonds is 4. The van der Waals surface area contributed by atoms with Gasteiger partial charge in [0, 0.05) is 34.7 Å². The van der Waals surface area contributed by atoms with Gasteiger partial charge < -0.3 is 10.1 Å². The zero-order valence-corrected chi connectivity index (χ0v) is 15.6. The number of aromatic nitrogens is 1. The van der Waals surface area contributed by atoms with E-state index in [1.54, 1.807) is 6.07 Å². The predicted octanol–water partition coefficient (Wildman–Crippen LogP) is 5.68. The molecule has 1 fully saturated rings. The molecule has 2 aromatic carbocycles.